The van der Waals surface area contributed by atoms with Crippen molar-refractivity contribution < 1.29 is 5.11 Å². The lowest BCUT2D eigenvalue weighted by atomic mass is 9.88. The quantitative estimate of drug-likeness (QED) is 0.795. The zero-order valence-corrected chi connectivity index (χ0v) is 10.2. The van der Waals surface area contributed by atoms with Gasteiger partial charge in [0.2, 0.25) is 0 Å². The smallest absolute Gasteiger partial charge is 0.0595 e. The van der Waals surface area contributed by atoms with E-state index in [4.69, 9.17) is 0 Å². The van der Waals surface area contributed by atoms with Crippen molar-refractivity contribution in [2.75, 3.05) is 13.1 Å². The molecule has 1 aromatic carbocycles. The van der Waals surface area contributed by atoms with Crippen LogP contribution < -0.4 is 5.32 Å². The Hall–Kier alpha value is -0.860. The van der Waals surface area contributed by atoms with E-state index in [1.165, 1.54) is 16.7 Å². The highest BCUT2D eigenvalue weighted by molar-refractivity contribution is 5.31. The van der Waals surface area contributed by atoms with Crippen molar-refractivity contribution >= 4 is 0 Å². The third-order valence-electron chi connectivity index (χ3n) is 3.55. The molecule has 2 atom stereocenters. The number of aliphatic hydroxyl groups excluding tert-OH is 1. The van der Waals surface area contributed by atoms with Gasteiger partial charge in [-0.1, -0.05) is 23.8 Å². The highest BCUT2D eigenvalue weighted by Gasteiger charge is 2.23. The van der Waals surface area contributed by atoms with Crippen molar-refractivity contribution in [3.63, 3.8) is 0 Å². The average molecular weight is 219 g/mol. The van der Waals surface area contributed by atoms with Crippen LogP contribution in [0.5, 0.6) is 0 Å². The number of benzene rings is 1. The normalized spacial score (nSPS) is 25.7. The molecule has 1 fully saturated rings. The van der Waals surface area contributed by atoms with Gasteiger partial charge < -0.3 is 10.4 Å². The Bertz CT molecular complexity index is 362. The lowest BCUT2D eigenvalue weighted by Crippen LogP contribution is -2.40. The minimum absolute atomic E-state index is 0.138. The van der Waals surface area contributed by atoms with E-state index in [9.17, 15) is 5.11 Å². The van der Waals surface area contributed by atoms with Gasteiger partial charge in [0.15, 0.2) is 0 Å². The second kappa shape index (κ2) is 4.98. The first-order valence-electron chi connectivity index (χ1n) is 6.11. The highest BCUT2D eigenvalue weighted by atomic mass is 16.3. The second-order valence-electron chi connectivity index (χ2n) is 4.95. The van der Waals surface area contributed by atoms with Crippen molar-refractivity contribution in [3.05, 3.63) is 34.9 Å². The first-order valence-corrected chi connectivity index (χ1v) is 6.11. The summed E-state index contributed by atoms with van der Waals surface area (Å²) in [4.78, 5) is 0. The van der Waals surface area contributed by atoms with Gasteiger partial charge in [-0.15, -0.1) is 0 Å². The second-order valence-corrected chi connectivity index (χ2v) is 4.95. The van der Waals surface area contributed by atoms with Crippen molar-refractivity contribution in [2.24, 2.45) is 5.92 Å². The molecule has 0 aromatic heterocycles. The fourth-order valence-corrected chi connectivity index (χ4v) is 2.42. The summed E-state index contributed by atoms with van der Waals surface area (Å²) in [6, 6.07) is 6.57. The molecule has 0 saturated carbocycles. The zero-order chi connectivity index (χ0) is 11.5. The summed E-state index contributed by atoms with van der Waals surface area (Å²) in [6.45, 7) is 6.16. The van der Waals surface area contributed by atoms with E-state index in [2.05, 4.69) is 37.4 Å². The summed E-state index contributed by atoms with van der Waals surface area (Å²) in [7, 11) is 0. The van der Waals surface area contributed by atoms with Crippen LogP contribution in [-0.4, -0.2) is 24.3 Å². The lowest BCUT2D eigenvalue weighted by Gasteiger charge is -2.29. The van der Waals surface area contributed by atoms with Crippen molar-refractivity contribution in [1.82, 2.24) is 5.32 Å². The molecule has 2 unspecified atom stereocenters. The molecule has 2 nitrogen and oxygen atoms in total. The van der Waals surface area contributed by atoms with Crippen LogP contribution in [0.15, 0.2) is 18.2 Å². The Kier molecular flexibility index (Phi) is 3.62. The number of hydrogen-bond donors (Lipinski definition) is 2. The van der Waals surface area contributed by atoms with E-state index >= 15 is 0 Å². The van der Waals surface area contributed by atoms with Crippen LogP contribution >= 0.6 is 0 Å². The maximum absolute atomic E-state index is 9.95. The predicted octanol–water partition coefficient (Wildman–Crippen LogP) is 1.82. The molecule has 0 radical (unpaired) electrons. The number of rotatable bonds is 2. The van der Waals surface area contributed by atoms with Crippen LogP contribution in [0.2, 0.25) is 0 Å². The fraction of sp³-hybridized carbons (Fsp3) is 0.571. The molecule has 2 N–H and O–H groups in total. The van der Waals surface area contributed by atoms with Crippen molar-refractivity contribution in [3.8, 4) is 0 Å². The molecule has 0 spiro atoms. The molecule has 88 valence electrons. The van der Waals surface area contributed by atoms with Crippen LogP contribution in [0.4, 0.5) is 0 Å². The summed E-state index contributed by atoms with van der Waals surface area (Å²) < 4.78 is 0. The molecule has 16 heavy (non-hydrogen) atoms. The highest BCUT2D eigenvalue weighted by Crippen LogP contribution is 2.20. The third kappa shape index (κ3) is 2.63. The summed E-state index contributed by atoms with van der Waals surface area (Å²) in [5, 5.41) is 13.3. The first-order chi connectivity index (χ1) is 7.66. The molecule has 1 heterocycles. The maximum atomic E-state index is 9.95. The van der Waals surface area contributed by atoms with Gasteiger partial charge in [0.1, 0.15) is 0 Å². The average Bonchev–Trinajstić information content (AvgIpc) is 2.27. The number of aryl methyl sites for hydroxylation is 2. The zero-order valence-electron chi connectivity index (χ0n) is 10.2. The van der Waals surface area contributed by atoms with Gasteiger partial charge in [0.25, 0.3) is 0 Å². The SMILES string of the molecule is Cc1ccc(C)c(CC2CNCCC2O)c1. The van der Waals surface area contributed by atoms with E-state index in [0.29, 0.717) is 5.92 Å². The molecule has 2 rings (SSSR count). The molecule has 1 aliphatic rings. The number of hydrogen-bond acceptors (Lipinski definition) is 2. The minimum Gasteiger partial charge on any atom is -0.393 e. The molecule has 2 heteroatoms. The monoisotopic (exact) mass is 219 g/mol. The lowest BCUT2D eigenvalue weighted by molar-refractivity contribution is 0.0791. The van der Waals surface area contributed by atoms with Gasteiger partial charge >= 0.3 is 0 Å². The largest absolute Gasteiger partial charge is 0.393 e. The Labute approximate surface area is 97.7 Å². The maximum Gasteiger partial charge on any atom is 0.0595 e. The van der Waals surface area contributed by atoms with Crippen LogP contribution in [0, 0.1) is 19.8 Å². The molecular weight excluding hydrogens is 198 g/mol. The summed E-state index contributed by atoms with van der Waals surface area (Å²) in [6.07, 6.45) is 1.73. The van der Waals surface area contributed by atoms with E-state index in [1.54, 1.807) is 0 Å². The van der Waals surface area contributed by atoms with Gasteiger partial charge in [-0.25, -0.2) is 0 Å². The van der Waals surface area contributed by atoms with E-state index < -0.39 is 0 Å². The Morgan fingerprint density at radius 2 is 2.19 bits per heavy atom. The first kappa shape index (κ1) is 11.6. The van der Waals surface area contributed by atoms with Gasteiger partial charge in [0.05, 0.1) is 6.10 Å². The Balaban J connectivity index is 2.10. The molecule has 1 saturated heterocycles. The molecule has 1 aliphatic heterocycles. The van der Waals surface area contributed by atoms with Gasteiger partial charge in [-0.05, 0) is 44.4 Å². The van der Waals surface area contributed by atoms with Gasteiger partial charge in [-0.2, -0.15) is 0 Å². The van der Waals surface area contributed by atoms with Crippen molar-refractivity contribution in [2.45, 2.75) is 32.8 Å². The molecular formula is C14H21NO. The topological polar surface area (TPSA) is 32.3 Å². The van der Waals surface area contributed by atoms with E-state index in [0.717, 1.165) is 25.9 Å². The van der Waals surface area contributed by atoms with E-state index in [-0.39, 0.29) is 6.10 Å². The summed E-state index contributed by atoms with van der Waals surface area (Å²) in [5.74, 6) is 0.370. The third-order valence-corrected chi connectivity index (χ3v) is 3.55. The standard InChI is InChI=1S/C14H21NO/c1-10-3-4-11(2)12(7-10)8-13-9-15-6-5-14(13)16/h3-4,7,13-16H,5-6,8-9H2,1-2H3. The predicted molar refractivity (Wildman–Crippen MR) is 66.6 cm³/mol. The molecule has 1 aromatic rings. The molecule has 0 amide bonds. The summed E-state index contributed by atoms with van der Waals surface area (Å²) >= 11 is 0. The van der Waals surface area contributed by atoms with E-state index in [1.807, 2.05) is 0 Å². The Morgan fingerprint density at radius 1 is 1.38 bits per heavy atom. The fourth-order valence-electron chi connectivity index (χ4n) is 2.42. The number of piperidine rings is 1. The minimum atomic E-state index is -0.138. The Morgan fingerprint density at radius 3 is 2.94 bits per heavy atom. The number of aliphatic hydroxyl groups is 1. The van der Waals surface area contributed by atoms with Gasteiger partial charge in [0, 0.05) is 12.5 Å². The van der Waals surface area contributed by atoms with Crippen LogP contribution in [0.25, 0.3) is 0 Å². The molecule has 0 bridgehead atoms. The van der Waals surface area contributed by atoms with Crippen molar-refractivity contribution in [1.29, 1.82) is 0 Å². The van der Waals surface area contributed by atoms with Crippen LogP contribution in [-0.2, 0) is 6.42 Å². The van der Waals surface area contributed by atoms with Crippen LogP contribution in [0.1, 0.15) is 23.1 Å². The number of nitrogens with one attached hydrogen (secondary N) is 1. The van der Waals surface area contributed by atoms with Crippen LogP contribution in [0.3, 0.4) is 0 Å². The van der Waals surface area contributed by atoms with Gasteiger partial charge in [-0.3, -0.25) is 0 Å². The summed E-state index contributed by atoms with van der Waals surface area (Å²) in [5.41, 5.74) is 4.02. The molecule has 0 aliphatic carbocycles.